The van der Waals surface area contributed by atoms with E-state index in [0.29, 0.717) is 11.0 Å². The van der Waals surface area contributed by atoms with Crippen molar-refractivity contribution in [3.63, 3.8) is 0 Å². The van der Waals surface area contributed by atoms with Crippen LogP contribution in [0.2, 0.25) is 0 Å². The minimum absolute atomic E-state index is 0.424. The monoisotopic (exact) mass is 237 g/mol. The summed E-state index contributed by atoms with van der Waals surface area (Å²) in [5.74, 6) is 0. The van der Waals surface area contributed by atoms with Crippen molar-refractivity contribution < 1.29 is 0 Å². The van der Waals surface area contributed by atoms with Gasteiger partial charge in [-0.25, -0.2) is 0 Å². The molecule has 1 atom stereocenters. The van der Waals surface area contributed by atoms with Crippen LogP contribution in [0.15, 0.2) is 18.5 Å². The zero-order chi connectivity index (χ0) is 12.1. The molecular weight excluding hydrogens is 218 g/mol. The Hall–Kier alpha value is -1.16. The van der Waals surface area contributed by atoms with E-state index in [2.05, 4.69) is 30.8 Å². The lowest BCUT2D eigenvalue weighted by Crippen LogP contribution is -2.30. The Bertz CT molecular complexity index is 365. The summed E-state index contributed by atoms with van der Waals surface area (Å²) in [6, 6.07) is 2.33. The molecule has 0 aliphatic heterocycles. The maximum Gasteiger partial charge on any atom is 0.106 e. The second-order valence-corrected chi connectivity index (χ2v) is 4.45. The van der Waals surface area contributed by atoms with E-state index in [4.69, 9.17) is 18.0 Å². The maximum atomic E-state index is 5.70. The minimum atomic E-state index is 0.424. The Morgan fingerprint density at radius 2 is 2.31 bits per heavy atom. The van der Waals surface area contributed by atoms with E-state index in [-0.39, 0.29) is 0 Å². The fraction of sp³-hybridized carbons (Fsp3) is 0.500. The van der Waals surface area contributed by atoms with Gasteiger partial charge in [0.05, 0.1) is 11.9 Å². The van der Waals surface area contributed by atoms with E-state index in [9.17, 15) is 0 Å². The first-order chi connectivity index (χ1) is 7.57. The summed E-state index contributed by atoms with van der Waals surface area (Å²) < 4.78 is 0. The Kier molecular flexibility index (Phi) is 4.68. The molecule has 0 fully saturated rings. The topological polar surface area (TPSA) is 42.2 Å². The molecule has 1 unspecified atom stereocenters. The normalized spacial score (nSPS) is 12.2. The molecule has 1 heterocycles. The van der Waals surface area contributed by atoms with Gasteiger partial charge in [0.15, 0.2) is 0 Å². The molecular formula is C12H19N3S. The van der Waals surface area contributed by atoms with Gasteiger partial charge in [-0.15, -0.1) is 0 Å². The van der Waals surface area contributed by atoms with Crippen LogP contribution in [0.3, 0.4) is 0 Å². The first-order valence-electron chi connectivity index (χ1n) is 5.54. The summed E-state index contributed by atoms with van der Waals surface area (Å²) in [7, 11) is 2.05. The molecule has 0 aromatic carbocycles. The van der Waals surface area contributed by atoms with Gasteiger partial charge < -0.3 is 10.6 Å². The Morgan fingerprint density at radius 1 is 1.62 bits per heavy atom. The van der Waals surface area contributed by atoms with Crippen molar-refractivity contribution >= 4 is 22.9 Å². The smallest absolute Gasteiger partial charge is 0.106 e. The van der Waals surface area contributed by atoms with Gasteiger partial charge in [0.2, 0.25) is 0 Å². The average Bonchev–Trinajstić information content (AvgIpc) is 2.28. The van der Waals surface area contributed by atoms with Crippen molar-refractivity contribution in [2.24, 2.45) is 5.73 Å². The van der Waals surface area contributed by atoms with E-state index in [1.165, 1.54) is 0 Å². The quantitative estimate of drug-likeness (QED) is 0.798. The van der Waals surface area contributed by atoms with Gasteiger partial charge in [0.1, 0.15) is 4.99 Å². The molecule has 0 radical (unpaired) electrons. The molecule has 0 saturated heterocycles. The minimum Gasteiger partial charge on any atom is -0.389 e. The third-order valence-electron chi connectivity index (χ3n) is 2.81. The van der Waals surface area contributed by atoms with E-state index in [0.717, 1.165) is 24.1 Å². The van der Waals surface area contributed by atoms with Gasteiger partial charge in [-0.3, -0.25) is 4.98 Å². The summed E-state index contributed by atoms with van der Waals surface area (Å²) in [4.78, 5) is 6.74. The molecule has 3 nitrogen and oxygen atoms in total. The second-order valence-electron chi connectivity index (χ2n) is 4.01. The number of nitrogens with two attached hydrogens (primary N) is 1. The maximum absolute atomic E-state index is 5.70. The molecule has 88 valence electrons. The fourth-order valence-corrected chi connectivity index (χ4v) is 1.90. The molecule has 2 N–H and O–H groups in total. The molecule has 0 aliphatic rings. The summed E-state index contributed by atoms with van der Waals surface area (Å²) in [6.07, 6.45) is 5.84. The highest BCUT2D eigenvalue weighted by Crippen LogP contribution is 2.21. The lowest BCUT2D eigenvalue weighted by molar-refractivity contribution is 0.615. The third-order valence-corrected chi connectivity index (χ3v) is 3.03. The van der Waals surface area contributed by atoms with Crippen LogP contribution in [0.5, 0.6) is 0 Å². The highest BCUT2D eigenvalue weighted by Gasteiger charge is 2.14. The predicted molar refractivity (Wildman–Crippen MR) is 72.9 cm³/mol. The molecule has 0 bridgehead atoms. The van der Waals surface area contributed by atoms with Gasteiger partial charge in [0, 0.05) is 24.8 Å². The lowest BCUT2D eigenvalue weighted by atomic mass is 10.1. The number of anilines is 1. The third kappa shape index (κ3) is 2.92. The van der Waals surface area contributed by atoms with Gasteiger partial charge >= 0.3 is 0 Å². The van der Waals surface area contributed by atoms with Gasteiger partial charge in [0.25, 0.3) is 0 Å². The van der Waals surface area contributed by atoms with E-state index in [1.54, 1.807) is 6.20 Å². The molecule has 0 saturated carbocycles. The highest BCUT2D eigenvalue weighted by atomic mass is 32.1. The summed E-state index contributed by atoms with van der Waals surface area (Å²) in [5, 5.41) is 0. The first kappa shape index (κ1) is 12.9. The first-order valence-corrected chi connectivity index (χ1v) is 5.95. The van der Waals surface area contributed by atoms with Crippen LogP contribution in [0.4, 0.5) is 5.69 Å². The number of aromatic nitrogens is 1. The van der Waals surface area contributed by atoms with Crippen molar-refractivity contribution in [2.45, 2.75) is 32.7 Å². The van der Waals surface area contributed by atoms with E-state index >= 15 is 0 Å². The van der Waals surface area contributed by atoms with Gasteiger partial charge in [-0.2, -0.15) is 0 Å². The van der Waals surface area contributed by atoms with Crippen molar-refractivity contribution in [3.05, 3.63) is 24.0 Å². The number of hydrogen-bond donors (Lipinski definition) is 1. The number of nitrogens with zero attached hydrogens (tertiary/aromatic N) is 2. The predicted octanol–water partition coefficient (Wildman–Crippen LogP) is 2.34. The summed E-state index contributed by atoms with van der Waals surface area (Å²) >= 11 is 5.04. The van der Waals surface area contributed by atoms with E-state index in [1.807, 2.05) is 12.3 Å². The molecule has 0 aliphatic carbocycles. The van der Waals surface area contributed by atoms with Crippen molar-refractivity contribution in [1.82, 2.24) is 4.98 Å². The van der Waals surface area contributed by atoms with Crippen LogP contribution >= 0.6 is 12.2 Å². The number of hydrogen-bond acceptors (Lipinski definition) is 3. The Balaban J connectivity index is 2.98. The molecule has 4 heteroatoms. The molecule has 1 aromatic heterocycles. The molecule has 1 aromatic rings. The zero-order valence-corrected chi connectivity index (χ0v) is 10.9. The largest absolute Gasteiger partial charge is 0.389 e. The standard InChI is InChI=1S/C12H19N3S/c1-4-5-9(2)15(3)11-8-14-7-6-10(11)12(13)16/h6-9H,4-5H2,1-3H3,(H2,13,16). The van der Waals surface area contributed by atoms with Crippen LogP contribution in [-0.4, -0.2) is 23.1 Å². The fourth-order valence-electron chi connectivity index (χ4n) is 1.72. The Morgan fingerprint density at radius 3 is 2.88 bits per heavy atom. The average molecular weight is 237 g/mol. The zero-order valence-electron chi connectivity index (χ0n) is 10.1. The van der Waals surface area contributed by atoms with Gasteiger partial charge in [-0.05, 0) is 19.4 Å². The van der Waals surface area contributed by atoms with Gasteiger partial charge in [-0.1, -0.05) is 25.6 Å². The van der Waals surface area contributed by atoms with Crippen molar-refractivity contribution in [3.8, 4) is 0 Å². The van der Waals surface area contributed by atoms with Crippen LogP contribution in [0.25, 0.3) is 0 Å². The number of pyridine rings is 1. The highest BCUT2D eigenvalue weighted by molar-refractivity contribution is 7.80. The van der Waals surface area contributed by atoms with Crippen LogP contribution in [-0.2, 0) is 0 Å². The number of rotatable bonds is 5. The summed E-state index contributed by atoms with van der Waals surface area (Å²) in [5.41, 5.74) is 7.61. The van der Waals surface area contributed by atoms with Crippen LogP contribution in [0, 0.1) is 0 Å². The Labute approximate surface area is 103 Å². The molecule has 16 heavy (non-hydrogen) atoms. The van der Waals surface area contributed by atoms with Crippen LogP contribution in [0.1, 0.15) is 32.3 Å². The van der Waals surface area contributed by atoms with Crippen LogP contribution < -0.4 is 10.6 Å². The summed E-state index contributed by atoms with van der Waals surface area (Å²) in [6.45, 7) is 4.38. The second kappa shape index (κ2) is 5.80. The van der Waals surface area contributed by atoms with E-state index < -0.39 is 0 Å². The SMILES string of the molecule is CCCC(C)N(C)c1cnccc1C(N)=S. The number of thiocarbonyl (C=S) groups is 1. The molecule has 0 spiro atoms. The molecule has 0 amide bonds. The van der Waals surface area contributed by atoms with Crippen molar-refractivity contribution in [1.29, 1.82) is 0 Å². The van der Waals surface area contributed by atoms with Crippen molar-refractivity contribution in [2.75, 3.05) is 11.9 Å². The molecule has 1 rings (SSSR count). The lowest BCUT2D eigenvalue weighted by Gasteiger charge is -2.28.